The molecule has 0 aliphatic rings. The fourth-order valence-corrected chi connectivity index (χ4v) is 1.61. The van der Waals surface area contributed by atoms with Gasteiger partial charge in [-0.15, -0.1) is 0 Å². The molecule has 0 spiro atoms. The van der Waals surface area contributed by atoms with Gasteiger partial charge in [0.2, 0.25) is 0 Å². The molecule has 0 atom stereocenters. The Labute approximate surface area is 138 Å². The third kappa shape index (κ3) is 3.25. The Morgan fingerprint density at radius 1 is 0.778 bits per heavy atom. The maximum Gasteiger partial charge on any atom is 0.336 e. The number of aromatic carboxylic acids is 1. The summed E-state index contributed by atoms with van der Waals surface area (Å²) < 4.78 is 0. The molecule has 0 amide bonds. The molecule has 88 valence electrons. The average molecular weight is 366 g/mol. The molecule has 2 aromatic rings. The number of carbonyl (C=O) groups is 2. The van der Waals surface area contributed by atoms with Crippen molar-refractivity contribution in [1.29, 1.82) is 0 Å². The van der Waals surface area contributed by atoms with E-state index in [4.69, 9.17) is 5.11 Å². The van der Waals surface area contributed by atoms with Crippen molar-refractivity contribution in [2.75, 3.05) is 0 Å². The van der Waals surface area contributed by atoms with Gasteiger partial charge in [-0.2, -0.15) is 0 Å². The van der Waals surface area contributed by atoms with E-state index in [2.05, 4.69) is 0 Å². The van der Waals surface area contributed by atoms with Crippen molar-refractivity contribution in [3.8, 4) is 0 Å². The van der Waals surface area contributed by atoms with E-state index in [1.807, 2.05) is 0 Å². The second-order valence-corrected chi connectivity index (χ2v) is 3.55. The maximum absolute atomic E-state index is 12.1. The minimum Gasteiger partial charge on any atom is -0.478 e. The van der Waals surface area contributed by atoms with E-state index in [-0.39, 0.29) is 58.7 Å². The quantitative estimate of drug-likeness (QED) is 0.850. The summed E-state index contributed by atoms with van der Waals surface area (Å²) in [6, 6.07) is 14.8. The SMILES string of the molecule is O=C(O)c1ccccc1C(=O)c1ccccc1.[Ce]. The molecule has 0 fully saturated rings. The Balaban J connectivity index is 0.00000162. The molecule has 0 heterocycles. The first kappa shape index (κ1) is 15.0. The summed E-state index contributed by atoms with van der Waals surface area (Å²) in [4.78, 5) is 23.1. The molecule has 0 aliphatic heterocycles. The topological polar surface area (TPSA) is 54.4 Å². The molecule has 18 heavy (non-hydrogen) atoms. The summed E-state index contributed by atoms with van der Waals surface area (Å²) in [7, 11) is 0. The molecule has 1 N–H and O–H groups in total. The van der Waals surface area contributed by atoms with Crippen LogP contribution in [-0.4, -0.2) is 16.9 Å². The van der Waals surface area contributed by atoms with Crippen LogP contribution in [0.1, 0.15) is 26.3 Å². The smallest absolute Gasteiger partial charge is 0.336 e. The van der Waals surface area contributed by atoms with Gasteiger partial charge < -0.3 is 5.11 Å². The van der Waals surface area contributed by atoms with Crippen LogP contribution in [0.3, 0.4) is 0 Å². The van der Waals surface area contributed by atoms with Crippen molar-refractivity contribution in [2.45, 2.75) is 0 Å². The fraction of sp³-hybridized carbons (Fsp3) is 0. The molecule has 0 bridgehead atoms. The third-order valence-electron chi connectivity index (χ3n) is 2.44. The molecule has 0 saturated carbocycles. The van der Waals surface area contributed by atoms with Gasteiger partial charge in [0.05, 0.1) is 5.56 Å². The van der Waals surface area contributed by atoms with Gasteiger partial charge in [-0.25, -0.2) is 4.79 Å². The molecule has 0 saturated heterocycles. The van der Waals surface area contributed by atoms with E-state index >= 15 is 0 Å². The van der Waals surface area contributed by atoms with E-state index in [0.717, 1.165) is 0 Å². The fourth-order valence-electron chi connectivity index (χ4n) is 1.61. The largest absolute Gasteiger partial charge is 0.478 e. The van der Waals surface area contributed by atoms with Crippen LogP contribution in [0.25, 0.3) is 0 Å². The second-order valence-electron chi connectivity index (χ2n) is 3.55. The number of carboxylic acid groups (broad SMARTS) is 1. The Kier molecular flexibility index (Phi) is 5.65. The molecular weight excluding hydrogens is 356 g/mol. The third-order valence-corrected chi connectivity index (χ3v) is 2.44. The predicted octanol–water partition coefficient (Wildman–Crippen LogP) is 2.62. The summed E-state index contributed by atoms with van der Waals surface area (Å²) >= 11 is 0. The van der Waals surface area contributed by atoms with E-state index in [1.54, 1.807) is 42.5 Å². The minimum absolute atomic E-state index is 0. The molecule has 2 aromatic carbocycles. The second kappa shape index (κ2) is 6.77. The van der Waals surface area contributed by atoms with Crippen LogP contribution >= 0.6 is 0 Å². The molecule has 4 heteroatoms. The number of rotatable bonds is 3. The summed E-state index contributed by atoms with van der Waals surface area (Å²) in [6.07, 6.45) is 0. The predicted molar refractivity (Wildman–Crippen MR) is 63.3 cm³/mol. The number of ketones is 1. The minimum atomic E-state index is -1.09. The molecule has 0 unspecified atom stereocenters. The van der Waals surface area contributed by atoms with Gasteiger partial charge in [-0.05, 0) is 6.07 Å². The Morgan fingerprint density at radius 3 is 1.83 bits per heavy atom. The number of carbonyl (C=O) groups excluding carboxylic acids is 1. The van der Waals surface area contributed by atoms with Crippen molar-refractivity contribution in [1.82, 2.24) is 0 Å². The van der Waals surface area contributed by atoms with Gasteiger partial charge in [0.15, 0.2) is 5.78 Å². The van der Waals surface area contributed by atoms with E-state index in [1.165, 1.54) is 12.1 Å². The van der Waals surface area contributed by atoms with Crippen molar-refractivity contribution < 1.29 is 56.4 Å². The van der Waals surface area contributed by atoms with E-state index in [9.17, 15) is 9.59 Å². The van der Waals surface area contributed by atoms with Crippen LogP contribution in [0.2, 0.25) is 0 Å². The van der Waals surface area contributed by atoms with E-state index < -0.39 is 5.97 Å². The molecule has 2 rings (SSSR count). The molecule has 3 nitrogen and oxygen atoms in total. The monoisotopic (exact) mass is 366 g/mol. The summed E-state index contributed by atoms with van der Waals surface area (Å²) in [6.45, 7) is 0. The van der Waals surface area contributed by atoms with Gasteiger partial charge in [0, 0.05) is 52.9 Å². The summed E-state index contributed by atoms with van der Waals surface area (Å²) in [5, 5.41) is 9.01. The van der Waals surface area contributed by atoms with Gasteiger partial charge in [-0.3, -0.25) is 4.79 Å². The van der Waals surface area contributed by atoms with Crippen molar-refractivity contribution in [3.05, 3.63) is 71.3 Å². The Morgan fingerprint density at radius 2 is 1.28 bits per heavy atom. The van der Waals surface area contributed by atoms with E-state index in [0.29, 0.717) is 5.56 Å². The molecule has 0 radical (unpaired) electrons. The zero-order chi connectivity index (χ0) is 12.3. The van der Waals surface area contributed by atoms with Gasteiger partial charge in [-0.1, -0.05) is 48.5 Å². The Bertz CT molecular complexity index is 564. The number of hydrogen-bond acceptors (Lipinski definition) is 2. The van der Waals surface area contributed by atoms with Crippen LogP contribution in [-0.2, 0) is 0 Å². The molecule has 0 aliphatic carbocycles. The molecule has 0 aromatic heterocycles. The Hall–Kier alpha value is -1.04. The first-order valence-corrected chi connectivity index (χ1v) is 5.12. The number of carboxylic acids is 1. The first-order valence-electron chi connectivity index (χ1n) is 5.12. The van der Waals surface area contributed by atoms with Crippen LogP contribution in [0.4, 0.5) is 0 Å². The van der Waals surface area contributed by atoms with Crippen LogP contribution in [0.15, 0.2) is 54.6 Å². The number of hydrogen-bond donors (Lipinski definition) is 1. The van der Waals surface area contributed by atoms with Crippen molar-refractivity contribution in [2.24, 2.45) is 0 Å². The summed E-state index contributed by atoms with van der Waals surface area (Å²) in [5.41, 5.74) is 0.730. The zero-order valence-electron chi connectivity index (χ0n) is 9.46. The molecular formula is C14H10CeO3. The first-order chi connectivity index (χ1) is 8.20. The number of benzene rings is 2. The van der Waals surface area contributed by atoms with Crippen LogP contribution in [0.5, 0.6) is 0 Å². The van der Waals surface area contributed by atoms with Crippen LogP contribution < -0.4 is 0 Å². The maximum atomic E-state index is 12.1. The normalized spacial score (nSPS) is 9.33. The standard InChI is InChI=1S/C14H10O3.Ce/c15-13(10-6-2-1-3-7-10)11-8-4-5-9-12(11)14(16)17;/h1-9H,(H,16,17);. The summed E-state index contributed by atoms with van der Waals surface area (Å²) in [5.74, 6) is -1.37. The van der Waals surface area contributed by atoms with Gasteiger partial charge in [0.25, 0.3) is 0 Å². The van der Waals surface area contributed by atoms with Crippen molar-refractivity contribution >= 4 is 11.8 Å². The van der Waals surface area contributed by atoms with Crippen molar-refractivity contribution in [3.63, 3.8) is 0 Å². The van der Waals surface area contributed by atoms with Gasteiger partial charge in [0.1, 0.15) is 0 Å². The van der Waals surface area contributed by atoms with Crippen LogP contribution in [0, 0.1) is 41.7 Å². The zero-order valence-corrected chi connectivity index (χ0v) is 12.6. The van der Waals surface area contributed by atoms with Gasteiger partial charge >= 0.3 is 5.97 Å². The average Bonchev–Trinajstić information content (AvgIpc) is 2.39.